The zero-order valence-electron chi connectivity index (χ0n) is 11.2. The molecule has 4 heteroatoms. The average Bonchev–Trinajstić information content (AvgIpc) is 2.83. The maximum atomic E-state index is 9.40. The van der Waals surface area contributed by atoms with Gasteiger partial charge in [-0.15, -0.1) is 0 Å². The summed E-state index contributed by atoms with van der Waals surface area (Å²) in [5.74, 6) is 1.98. The molecule has 1 N–H and O–H groups in total. The van der Waals surface area contributed by atoms with E-state index in [-0.39, 0.29) is 12.5 Å². The summed E-state index contributed by atoms with van der Waals surface area (Å²) < 4.78 is 1.97. The molecule has 1 aromatic carbocycles. The minimum atomic E-state index is 0.159. The summed E-state index contributed by atoms with van der Waals surface area (Å²) in [5.41, 5.74) is 2.54. The number of rotatable bonds is 3. The summed E-state index contributed by atoms with van der Waals surface area (Å²) >= 11 is 0. The van der Waals surface area contributed by atoms with Crippen LogP contribution in [-0.4, -0.2) is 26.5 Å². The second-order valence-electron chi connectivity index (χ2n) is 5.23. The first-order chi connectivity index (χ1) is 9.28. The Morgan fingerprint density at radius 2 is 2.21 bits per heavy atom. The van der Waals surface area contributed by atoms with Gasteiger partial charge < -0.3 is 5.11 Å². The van der Waals surface area contributed by atoms with Crippen molar-refractivity contribution in [3.05, 3.63) is 47.0 Å². The third-order valence-corrected chi connectivity index (χ3v) is 3.86. The standard InChI is InChI=1S/C15H19N3O/c1-11-5-2-3-6-12(11)9-14-16-15-13(10-19)7-4-8-18(15)17-14/h2-3,5-6,13,19H,4,7-10H2,1H3. The first-order valence-electron chi connectivity index (χ1n) is 6.87. The van der Waals surface area contributed by atoms with E-state index >= 15 is 0 Å². The van der Waals surface area contributed by atoms with Gasteiger partial charge in [0.1, 0.15) is 5.82 Å². The van der Waals surface area contributed by atoms with E-state index in [1.165, 1.54) is 11.1 Å². The van der Waals surface area contributed by atoms with Gasteiger partial charge in [0.2, 0.25) is 0 Å². The topological polar surface area (TPSA) is 50.9 Å². The minimum absolute atomic E-state index is 0.159. The second kappa shape index (κ2) is 5.13. The lowest BCUT2D eigenvalue weighted by atomic mass is 10.0. The molecule has 100 valence electrons. The fraction of sp³-hybridized carbons (Fsp3) is 0.467. The highest BCUT2D eigenvalue weighted by Gasteiger charge is 2.23. The van der Waals surface area contributed by atoms with E-state index in [0.717, 1.165) is 37.5 Å². The van der Waals surface area contributed by atoms with Crippen molar-refractivity contribution in [1.82, 2.24) is 14.8 Å². The van der Waals surface area contributed by atoms with Gasteiger partial charge in [-0.3, -0.25) is 0 Å². The van der Waals surface area contributed by atoms with Gasteiger partial charge in [-0.2, -0.15) is 5.10 Å². The zero-order chi connectivity index (χ0) is 13.2. The Hall–Kier alpha value is -1.68. The van der Waals surface area contributed by atoms with E-state index < -0.39 is 0 Å². The summed E-state index contributed by atoms with van der Waals surface area (Å²) in [6.07, 6.45) is 2.86. The van der Waals surface area contributed by atoms with Crippen LogP contribution in [0.15, 0.2) is 24.3 Å². The smallest absolute Gasteiger partial charge is 0.155 e. The molecule has 2 aromatic rings. The van der Waals surface area contributed by atoms with Crippen LogP contribution >= 0.6 is 0 Å². The highest BCUT2D eigenvalue weighted by Crippen LogP contribution is 2.25. The average molecular weight is 257 g/mol. The molecule has 0 bridgehead atoms. The quantitative estimate of drug-likeness (QED) is 0.915. The normalized spacial score (nSPS) is 18.3. The number of benzene rings is 1. The molecule has 1 aliphatic rings. The minimum Gasteiger partial charge on any atom is -0.396 e. The molecule has 1 aromatic heterocycles. The van der Waals surface area contributed by atoms with Crippen LogP contribution in [0.1, 0.15) is 41.5 Å². The van der Waals surface area contributed by atoms with Gasteiger partial charge in [0, 0.05) is 18.9 Å². The number of aromatic nitrogens is 3. The molecule has 0 fully saturated rings. The van der Waals surface area contributed by atoms with E-state index in [0.29, 0.717) is 0 Å². The van der Waals surface area contributed by atoms with E-state index in [9.17, 15) is 5.11 Å². The third kappa shape index (κ3) is 2.40. The second-order valence-corrected chi connectivity index (χ2v) is 5.23. The van der Waals surface area contributed by atoms with E-state index in [4.69, 9.17) is 0 Å². The molecule has 0 spiro atoms. The van der Waals surface area contributed by atoms with Gasteiger partial charge in [-0.1, -0.05) is 24.3 Å². The fourth-order valence-corrected chi connectivity index (χ4v) is 2.71. The number of fused-ring (bicyclic) bond motifs is 1. The van der Waals surface area contributed by atoms with Gasteiger partial charge in [0.25, 0.3) is 0 Å². The molecule has 19 heavy (non-hydrogen) atoms. The summed E-state index contributed by atoms with van der Waals surface area (Å²) in [7, 11) is 0. The number of aliphatic hydroxyl groups is 1. The lowest BCUT2D eigenvalue weighted by molar-refractivity contribution is 0.234. The maximum absolute atomic E-state index is 9.40. The van der Waals surface area contributed by atoms with Gasteiger partial charge in [-0.05, 0) is 30.9 Å². The molecule has 0 saturated heterocycles. The monoisotopic (exact) mass is 257 g/mol. The SMILES string of the molecule is Cc1ccccc1Cc1nc2n(n1)CCCC2CO. The van der Waals surface area contributed by atoms with Crippen molar-refractivity contribution in [3.63, 3.8) is 0 Å². The Morgan fingerprint density at radius 1 is 1.37 bits per heavy atom. The lowest BCUT2D eigenvalue weighted by Gasteiger charge is -2.19. The highest BCUT2D eigenvalue weighted by molar-refractivity contribution is 5.28. The predicted octanol–water partition coefficient (Wildman–Crippen LogP) is 2.05. The molecule has 1 atom stereocenters. The Morgan fingerprint density at radius 3 is 3.00 bits per heavy atom. The van der Waals surface area contributed by atoms with Crippen LogP contribution in [-0.2, 0) is 13.0 Å². The van der Waals surface area contributed by atoms with Crippen LogP contribution in [0.25, 0.3) is 0 Å². The third-order valence-electron chi connectivity index (χ3n) is 3.86. The Balaban J connectivity index is 1.87. The largest absolute Gasteiger partial charge is 0.396 e. The molecule has 0 amide bonds. The fourth-order valence-electron chi connectivity index (χ4n) is 2.71. The van der Waals surface area contributed by atoms with Crippen LogP contribution in [0, 0.1) is 6.92 Å². The molecular weight excluding hydrogens is 238 g/mol. The van der Waals surface area contributed by atoms with Crippen LogP contribution in [0.3, 0.4) is 0 Å². The molecule has 4 nitrogen and oxygen atoms in total. The highest BCUT2D eigenvalue weighted by atomic mass is 16.3. The Kier molecular flexibility index (Phi) is 3.34. The number of aliphatic hydroxyl groups excluding tert-OH is 1. The van der Waals surface area contributed by atoms with Crippen molar-refractivity contribution in [2.45, 2.75) is 38.6 Å². The van der Waals surface area contributed by atoms with E-state index in [1.54, 1.807) is 0 Å². The van der Waals surface area contributed by atoms with Crippen LogP contribution in [0.5, 0.6) is 0 Å². The number of hydrogen-bond donors (Lipinski definition) is 1. The molecule has 0 saturated carbocycles. The molecule has 1 aliphatic heterocycles. The van der Waals surface area contributed by atoms with Gasteiger partial charge in [0.15, 0.2) is 5.82 Å². The van der Waals surface area contributed by atoms with Gasteiger partial charge in [0.05, 0.1) is 6.61 Å². The molecule has 1 unspecified atom stereocenters. The van der Waals surface area contributed by atoms with Crippen molar-refractivity contribution in [2.75, 3.05) is 6.61 Å². The van der Waals surface area contributed by atoms with Crippen LogP contribution in [0.4, 0.5) is 0 Å². The van der Waals surface area contributed by atoms with Crippen molar-refractivity contribution in [1.29, 1.82) is 0 Å². The summed E-state index contributed by atoms with van der Waals surface area (Å²) in [6.45, 7) is 3.21. The number of hydrogen-bond acceptors (Lipinski definition) is 3. The lowest BCUT2D eigenvalue weighted by Crippen LogP contribution is -2.19. The Labute approximate surface area is 113 Å². The molecule has 3 rings (SSSR count). The summed E-state index contributed by atoms with van der Waals surface area (Å²) in [5, 5.41) is 14.0. The Bertz CT molecular complexity index is 577. The van der Waals surface area contributed by atoms with Crippen molar-refractivity contribution in [3.8, 4) is 0 Å². The van der Waals surface area contributed by atoms with Gasteiger partial charge >= 0.3 is 0 Å². The molecule has 2 heterocycles. The van der Waals surface area contributed by atoms with Crippen LogP contribution < -0.4 is 0 Å². The molecule has 0 radical (unpaired) electrons. The van der Waals surface area contributed by atoms with Crippen molar-refractivity contribution >= 4 is 0 Å². The summed E-state index contributed by atoms with van der Waals surface area (Å²) in [6, 6.07) is 8.34. The zero-order valence-corrected chi connectivity index (χ0v) is 11.2. The first kappa shape index (κ1) is 12.4. The van der Waals surface area contributed by atoms with Gasteiger partial charge in [-0.25, -0.2) is 9.67 Å². The number of aryl methyl sites for hydroxylation is 2. The first-order valence-corrected chi connectivity index (χ1v) is 6.87. The van der Waals surface area contributed by atoms with Crippen molar-refractivity contribution < 1.29 is 5.11 Å². The molecular formula is C15H19N3O. The maximum Gasteiger partial charge on any atom is 0.155 e. The number of nitrogens with zero attached hydrogens (tertiary/aromatic N) is 3. The van der Waals surface area contributed by atoms with Crippen molar-refractivity contribution in [2.24, 2.45) is 0 Å². The predicted molar refractivity (Wildman–Crippen MR) is 73.1 cm³/mol. The summed E-state index contributed by atoms with van der Waals surface area (Å²) in [4.78, 5) is 4.63. The van der Waals surface area contributed by atoms with E-state index in [2.05, 4.69) is 35.2 Å². The van der Waals surface area contributed by atoms with E-state index in [1.807, 2.05) is 10.7 Å². The van der Waals surface area contributed by atoms with Crippen LogP contribution in [0.2, 0.25) is 0 Å². The molecule has 0 aliphatic carbocycles.